The van der Waals surface area contributed by atoms with E-state index >= 15 is 0 Å². The number of nitrogen functional groups attached to an aromatic ring is 1. The van der Waals surface area contributed by atoms with Crippen molar-refractivity contribution < 1.29 is 14.3 Å². The summed E-state index contributed by atoms with van der Waals surface area (Å²) >= 11 is 3.60. The first-order chi connectivity index (χ1) is 13.0. The summed E-state index contributed by atoms with van der Waals surface area (Å²) in [5.74, 6) is 0.784. The van der Waals surface area contributed by atoms with Crippen molar-refractivity contribution in [3.63, 3.8) is 0 Å². The van der Waals surface area contributed by atoms with Gasteiger partial charge in [0.2, 0.25) is 0 Å². The molecule has 7 heteroatoms. The van der Waals surface area contributed by atoms with Crippen LogP contribution >= 0.6 is 28.3 Å². The van der Waals surface area contributed by atoms with E-state index in [1.165, 1.54) is 0 Å². The highest BCUT2D eigenvalue weighted by Gasteiger charge is 2.19. The van der Waals surface area contributed by atoms with Gasteiger partial charge in [0.15, 0.2) is 0 Å². The van der Waals surface area contributed by atoms with Crippen LogP contribution in [0.3, 0.4) is 0 Å². The predicted octanol–water partition coefficient (Wildman–Crippen LogP) is 5.19. The van der Waals surface area contributed by atoms with Gasteiger partial charge in [0.25, 0.3) is 6.47 Å². The lowest BCUT2D eigenvalue weighted by atomic mass is 10.1. The molecule has 0 saturated carbocycles. The minimum Gasteiger partial charge on any atom is -0.493 e. The molecule has 28 heavy (non-hydrogen) atoms. The number of halogens is 2. The van der Waals surface area contributed by atoms with Crippen LogP contribution in [-0.2, 0) is 23.0 Å². The lowest BCUT2D eigenvalue weighted by Crippen LogP contribution is -2.03. The number of hydrogen-bond donors (Lipinski definition) is 1. The quantitative estimate of drug-likeness (QED) is 0.281. The third-order valence-corrected chi connectivity index (χ3v) is 5.31. The molecule has 0 radical (unpaired) electrons. The first kappa shape index (κ1) is 22.1. The Hall–Kier alpha value is -2.18. The normalized spacial score (nSPS) is 11.7. The molecule has 0 amide bonds. The van der Waals surface area contributed by atoms with Gasteiger partial charge >= 0.3 is 0 Å². The number of carbonyl (C=O) groups is 1. The third kappa shape index (κ3) is 4.62. The summed E-state index contributed by atoms with van der Waals surface area (Å²) in [4.78, 5) is 10.8. The average Bonchev–Trinajstić information content (AvgIpc) is 3.00. The van der Waals surface area contributed by atoms with Gasteiger partial charge in [0.05, 0.1) is 12.1 Å². The van der Waals surface area contributed by atoms with E-state index in [-0.39, 0.29) is 18.5 Å². The fourth-order valence-corrected chi connectivity index (χ4v) is 3.91. The van der Waals surface area contributed by atoms with Crippen LogP contribution < -0.4 is 10.5 Å². The zero-order chi connectivity index (χ0) is 19.4. The molecule has 0 unspecified atom stereocenters. The van der Waals surface area contributed by atoms with Crippen LogP contribution in [0, 0.1) is 0 Å². The van der Waals surface area contributed by atoms with Crippen molar-refractivity contribution in [1.82, 2.24) is 4.57 Å². The molecule has 0 fully saturated rings. The Bertz CT molecular complexity index is 958. The second kappa shape index (κ2) is 9.85. The van der Waals surface area contributed by atoms with E-state index in [2.05, 4.69) is 15.9 Å². The van der Waals surface area contributed by atoms with E-state index < -0.39 is 0 Å². The topological polar surface area (TPSA) is 66.5 Å². The second-order valence-corrected chi connectivity index (χ2v) is 7.34. The second-order valence-electron chi connectivity index (χ2n) is 6.49. The number of anilines is 1. The van der Waals surface area contributed by atoms with Gasteiger partial charge in [-0.05, 0) is 59.5 Å². The summed E-state index contributed by atoms with van der Waals surface area (Å²) < 4.78 is 14.2. The molecule has 3 rings (SSSR count). The van der Waals surface area contributed by atoms with Gasteiger partial charge in [-0.1, -0.05) is 18.2 Å². The van der Waals surface area contributed by atoms with Crippen molar-refractivity contribution in [1.29, 1.82) is 0 Å². The molecule has 0 saturated heterocycles. The van der Waals surface area contributed by atoms with Crippen molar-refractivity contribution >= 4 is 51.4 Å². The third-order valence-electron chi connectivity index (χ3n) is 4.67. The van der Waals surface area contributed by atoms with E-state index in [0.717, 1.165) is 50.8 Å². The van der Waals surface area contributed by atoms with E-state index in [1.807, 2.05) is 61.1 Å². The Kier molecular flexibility index (Phi) is 7.78. The monoisotopic (exact) mass is 466 g/mol. The van der Waals surface area contributed by atoms with Crippen molar-refractivity contribution in [2.45, 2.75) is 25.9 Å². The molecule has 2 N–H and O–H groups in total. The summed E-state index contributed by atoms with van der Waals surface area (Å²) in [5.41, 5.74) is 9.88. The van der Waals surface area contributed by atoms with Crippen molar-refractivity contribution in [3.05, 3.63) is 58.2 Å². The number of aromatic nitrogens is 1. The Balaban J connectivity index is 0.00000280. The van der Waals surface area contributed by atoms with Gasteiger partial charge in [-0.2, -0.15) is 0 Å². The number of fused-ring (bicyclic) bond motifs is 1. The lowest BCUT2D eigenvalue weighted by molar-refractivity contribution is -0.133. The number of rotatable bonds is 8. The Morgan fingerprint density at radius 3 is 2.71 bits per heavy atom. The maximum absolute atomic E-state index is 10.8. The summed E-state index contributed by atoms with van der Waals surface area (Å²) in [7, 11) is 1.96. The van der Waals surface area contributed by atoms with Crippen LogP contribution in [0.2, 0.25) is 0 Å². The Morgan fingerprint density at radius 1 is 1.25 bits per heavy atom. The van der Waals surface area contributed by atoms with Gasteiger partial charge in [0, 0.05) is 34.4 Å². The zero-order valence-electron chi connectivity index (χ0n) is 15.9. The number of ether oxygens (including phenoxy) is 2. The zero-order valence-corrected chi connectivity index (χ0v) is 18.3. The van der Waals surface area contributed by atoms with Crippen LogP contribution in [0.15, 0.2) is 47.1 Å². The molecule has 0 aliphatic heterocycles. The fraction of sp³-hybridized carbons (Fsp3) is 0.286. The standard InChI is InChI=1S/C21H23BrN2O3.ClH/c1-14(27-13-25)16-12-24(2)21-17(22)9-10-19(20(16)21)26-11-5-7-15-6-3-4-8-18(15)23;/h3-4,6,8-10,12-14H,5,7,11,23H2,1-2H3;1H/t14-;/m0./s1. The number of carbonyl (C=O) groups excluding carboxylic acids is 1. The minimum absolute atomic E-state index is 0. The molecule has 1 atom stereocenters. The molecule has 150 valence electrons. The molecule has 1 aromatic heterocycles. The number of nitrogens with two attached hydrogens (primary N) is 1. The van der Waals surface area contributed by atoms with Crippen molar-refractivity contribution in [3.8, 4) is 5.75 Å². The lowest BCUT2D eigenvalue weighted by Gasteiger charge is -2.13. The number of hydrogen-bond acceptors (Lipinski definition) is 4. The van der Waals surface area contributed by atoms with Gasteiger partial charge in [0.1, 0.15) is 11.9 Å². The molecule has 1 heterocycles. The highest BCUT2D eigenvalue weighted by Crippen LogP contribution is 2.38. The SMILES string of the molecule is C[C@H](OC=O)c1cn(C)c2c(Br)ccc(OCCCc3ccccc3N)c12.Cl. The van der Waals surface area contributed by atoms with Gasteiger partial charge in [-0.15, -0.1) is 12.4 Å². The summed E-state index contributed by atoms with van der Waals surface area (Å²) in [6, 6.07) is 11.8. The van der Waals surface area contributed by atoms with Crippen LogP contribution in [0.25, 0.3) is 10.9 Å². The van der Waals surface area contributed by atoms with E-state index in [4.69, 9.17) is 15.2 Å². The largest absolute Gasteiger partial charge is 0.493 e. The van der Waals surface area contributed by atoms with Crippen molar-refractivity contribution in [2.24, 2.45) is 7.05 Å². The summed E-state index contributed by atoms with van der Waals surface area (Å²) in [5, 5.41) is 0.959. The van der Waals surface area contributed by atoms with Crippen molar-refractivity contribution in [2.75, 3.05) is 12.3 Å². The number of benzene rings is 2. The van der Waals surface area contributed by atoms with E-state index in [0.29, 0.717) is 13.1 Å². The Labute approximate surface area is 179 Å². The first-order valence-electron chi connectivity index (χ1n) is 8.85. The molecule has 0 aliphatic rings. The summed E-state index contributed by atoms with van der Waals surface area (Å²) in [6.07, 6.45) is 3.33. The fourth-order valence-electron chi connectivity index (χ4n) is 3.30. The average molecular weight is 468 g/mol. The smallest absolute Gasteiger partial charge is 0.293 e. The minimum atomic E-state index is -0.355. The molecule has 0 spiro atoms. The highest BCUT2D eigenvalue weighted by molar-refractivity contribution is 9.10. The van der Waals surface area contributed by atoms with Gasteiger partial charge in [-0.25, -0.2) is 0 Å². The van der Waals surface area contributed by atoms with Gasteiger partial charge < -0.3 is 19.8 Å². The van der Waals surface area contributed by atoms with Crippen LogP contribution in [-0.4, -0.2) is 17.6 Å². The number of nitrogens with zero attached hydrogens (tertiary/aromatic N) is 1. The highest BCUT2D eigenvalue weighted by atomic mass is 79.9. The maximum atomic E-state index is 10.8. The molecule has 3 aromatic rings. The predicted molar refractivity (Wildman–Crippen MR) is 118 cm³/mol. The van der Waals surface area contributed by atoms with Crippen LogP contribution in [0.1, 0.15) is 30.6 Å². The first-order valence-corrected chi connectivity index (χ1v) is 9.65. The number of aryl methyl sites for hydroxylation is 2. The maximum Gasteiger partial charge on any atom is 0.293 e. The molecule has 0 aliphatic carbocycles. The Morgan fingerprint density at radius 2 is 2.00 bits per heavy atom. The number of para-hydroxylation sites is 1. The molecular formula is C21H24BrClN2O3. The van der Waals surface area contributed by atoms with E-state index in [1.54, 1.807) is 0 Å². The summed E-state index contributed by atoms with van der Waals surface area (Å²) in [6.45, 7) is 2.90. The van der Waals surface area contributed by atoms with Gasteiger partial charge in [-0.3, -0.25) is 4.79 Å². The van der Waals surface area contributed by atoms with Crippen LogP contribution in [0.4, 0.5) is 5.69 Å². The molecule has 5 nitrogen and oxygen atoms in total. The molecule has 0 bridgehead atoms. The van der Waals surface area contributed by atoms with E-state index in [9.17, 15) is 4.79 Å². The molecule has 2 aromatic carbocycles. The molecular weight excluding hydrogens is 444 g/mol. The van der Waals surface area contributed by atoms with Crippen LogP contribution in [0.5, 0.6) is 5.75 Å².